The second-order valence-corrected chi connectivity index (χ2v) is 6.73. The van der Waals surface area contributed by atoms with Gasteiger partial charge < -0.3 is 19.9 Å². The summed E-state index contributed by atoms with van der Waals surface area (Å²) >= 11 is 0. The van der Waals surface area contributed by atoms with Crippen LogP contribution in [0.2, 0.25) is 0 Å². The van der Waals surface area contributed by atoms with Gasteiger partial charge >= 0.3 is 12.0 Å². The molecule has 2 fully saturated rings. The van der Waals surface area contributed by atoms with Gasteiger partial charge in [-0.15, -0.1) is 0 Å². The molecule has 2 aromatic heterocycles. The highest BCUT2D eigenvalue weighted by molar-refractivity contribution is 5.83. The van der Waals surface area contributed by atoms with Gasteiger partial charge in [0.1, 0.15) is 12.3 Å². The van der Waals surface area contributed by atoms with Gasteiger partial charge in [0.2, 0.25) is 0 Å². The first kappa shape index (κ1) is 16.4. The Kier molecular flexibility index (Phi) is 4.61. The van der Waals surface area contributed by atoms with Crippen LogP contribution in [0.5, 0.6) is 12.0 Å². The topological polar surface area (TPSA) is 97.3 Å². The highest BCUT2D eigenvalue weighted by Gasteiger charge is 2.26. The third-order valence-electron chi connectivity index (χ3n) is 4.96. The van der Waals surface area contributed by atoms with Crippen LogP contribution in [-0.2, 0) is 4.74 Å². The molecule has 1 saturated heterocycles. The molecule has 1 atom stereocenters. The van der Waals surface area contributed by atoms with E-state index >= 15 is 0 Å². The Labute approximate surface area is 146 Å². The Balaban J connectivity index is 1.71. The summed E-state index contributed by atoms with van der Waals surface area (Å²) in [4.78, 5) is 13.4. The van der Waals surface area contributed by atoms with Gasteiger partial charge in [0.05, 0.1) is 7.11 Å². The summed E-state index contributed by atoms with van der Waals surface area (Å²) in [5, 5.41) is 0. The second kappa shape index (κ2) is 7.03. The largest absolute Gasteiger partial charge is 0.468 e. The quantitative estimate of drug-likeness (QED) is 0.908. The minimum Gasteiger partial charge on any atom is -0.468 e. The van der Waals surface area contributed by atoms with Crippen molar-refractivity contribution in [2.45, 2.75) is 63.7 Å². The fraction of sp³-hybridized carbons (Fsp3) is 0.706. The summed E-state index contributed by atoms with van der Waals surface area (Å²) in [6.07, 6.45) is 8.78. The average Bonchev–Trinajstić information content (AvgIpc) is 3.02. The minimum absolute atomic E-state index is 0.148. The monoisotopic (exact) mass is 347 g/mol. The van der Waals surface area contributed by atoms with E-state index in [9.17, 15) is 0 Å². The lowest BCUT2D eigenvalue weighted by atomic mass is 9.98. The first-order valence-electron chi connectivity index (χ1n) is 9.14. The van der Waals surface area contributed by atoms with Crippen LogP contribution in [0.4, 0.5) is 5.82 Å². The highest BCUT2D eigenvalue weighted by Crippen LogP contribution is 2.33. The van der Waals surface area contributed by atoms with Gasteiger partial charge in [-0.05, 0) is 44.9 Å². The Hall–Kier alpha value is -2.09. The molecule has 1 aliphatic heterocycles. The molecule has 1 aliphatic carbocycles. The van der Waals surface area contributed by atoms with Crippen LogP contribution in [-0.4, -0.2) is 39.3 Å². The van der Waals surface area contributed by atoms with Crippen molar-refractivity contribution >= 4 is 17.0 Å². The summed E-state index contributed by atoms with van der Waals surface area (Å²) in [5.41, 5.74) is 7.27. The smallest absolute Gasteiger partial charge is 0.320 e. The molecule has 136 valence electrons. The van der Waals surface area contributed by atoms with Crippen molar-refractivity contribution in [2.24, 2.45) is 0 Å². The molecule has 3 heterocycles. The number of imidazole rings is 1. The lowest BCUT2D eigenvalue weighted by Crippen LogP contribution is -2.22. The number of ether oxygens (including phenoxy) is 3. The molecule has 2 aromatic rings. The van der Waals surface area contributed by atoms with Crippen LogP contribution in [0.25, 0.3) is 11.2 Å². The number of rotatable bonds is 4. The number of aromatic nitrogens is 4. The molecule has 0 amide bonds. The van der Waals surface area contributed by atoms with Crippen molar-refractivity contribution in [3.05, 3.63) is 0 Å². The molecule has 8 heteroatoms. The maximum Gasteiger partial charge on any atom is 0.320 e. The van der Waals surface area contributed by atoms with E-state index in [0.29, 0.717) is 29.0 Å². The number of anilines is 1. The molecular weight excluding hydrogens is 322 g/mol. The van der Waals surface area contributed by atoms with Crippen LogP contribution in [0.3, 0.4) is 0 Å². The molecule has 2 aliphatic rings. The van der Waals surface area contributed by atoms with Gasteiger partial charge in [-0.3, -0.25) is 4.57 Å². The second-order valence-electron chi connectivity index (χ2n) is 6.73. The molecule has 0 aromatic carbocycles. The number of fused-ring (bicyclic) bond motifs is 1. The van der Waals surface area contributed by atoms with Crippen molar-refractivity contribution in [1.82, 2.24) is 19.5 Å². The molecule has 2 N–H and O–H groups in total. The zero-order valence-electron chi connectivity index (χ0n) is 14.6. The van der Waals surface area contributed by atoms with Crippen molar-refractivity contribution in [3.8, 4) is 12.0 Å². The summed E-state index contributed by atoms with van der Waals surface area (Å²) in [6, 6.07) is 0.759. The van der Waals surface area contributed by atoms with Crippen LogP contribution >= 0.6 is 0 Å². The maximum atomic E-state index is 6.13. The van der Waals surface area contributed by atoms with Crippen molar-refractivity contribution < 1.29 is 14.2 Å². The summed E-state index contributed by atoms with van der Waals surface area (Å²) < 4.78 is 19.2. The lowest BCUT2D eigenvalue weighted by molar-refractivity contribution is -0.0334. The molecule has 4 rings (SSSR count). The molecule has 8 nitrogen and oxygen atoms in total. The van der Waals surface area contributed by atoms with Crippen LogP contribution in [0.15, 0.2) is 0 Å². The molecule has 0 radical (unpaired) electrons. The van der Waals surface area contributed by atoms with E-state index in [1.165, 1.54) is 19.3 Å². The van der Waals surface area contributed by atoms with Gasteiger partial charge in [-0.1, -0.05) is 6.42 Å². The van der Waals surface area contributed by atoms with Gasteiger partial charge in [-0.25, -0.2) is 0 Å². The van der Waals surface area contributed by atoms with E-state index < -0.39 is 0 Å². The number of nitrogens with two attached hydrogens (primary N) is 1. The fourth-order valence-electron chi connectivity index (χ4n) is 3.67. The molecule has 0 bridgehead atoms. The third kappa shape index (κ3) is 3.22. The lowest BCUT2D eigenvalue weighted by Gasteiger charge is -2.25. The van der Waals surface area contributed by atoms with Gasteiger partial charge in [0.15, 0.2) is 17.0 Å². The van der Waals surface area contributed by atoms with E-state index in [-0.39, 0.29) is 12.3 Å². The predicted octanol–water partition coefficient (Wildman–Crippen LogP) is 2.83. The molecule has 25 heavy (non-hydrogen) atoms. The van der Waals surface area contributed by atoms with Gasteiger partial charge in [-0.2, -0.15) is 15.0 Å². The first-order chi connectivity index (χ1) is 12.3. The zero-order valence-corrected chi connectivity index (χ0v) is 14.6. The maximum absolute atomic E-state index is 6.13. The number of methoxy groups -OCH3 is 1. The summed E-state index contributed by atoms with van der Waals surface area (Å²) in [5.74, 6) is 0.309. The van der Waals surface area contributed by atoms with E-state index in [1.807, 2.05) is 4.57 Å². The zero-order chi connectivity index (χ0) is 17.2. The molecular formula is C17H25N5O3. The van der Waals surface area contributed by atoms with Gasteiger partial charge in [0.25, 0.3) is 0 Å². The van der Waals surface area contributed by atoms with Crippen molar-refractivity contribution in [3.63, 3.8) is 0 Å². The minimum atomic E-state index is -0.148. The average molecular weight is 347 g/mol. The number of nitrogens with zero attached hydrogens (tertiary/aromatic N) is 4. The summed E-state index contributed by atoms with van der Waals surface area (Å²) in [7, 11) is 1.59. The normalized spacial score (nSPS) is 22.2. The van der Waals surface area contributed by atoms with E-state index in [0.717, 1.165) is 38.7 Å². The Morgan fingerprint density at radius 1 is 1.04 bits per heavy atom. The van der Waals surface area contributed by atoms with Gasteiger partial charge in [0, 0.05) is 6.61 Å². The third-order valence-corrected chi connectivity index (χ3v) is 4.96. The number of hydrogen-bond acceptors (Lipinski definition) is 7. The van der Waals surface area contributed by atoms with Crippen molar-refractivity contribution in [1.29, 1.82) is 0 Å². The number of nitrogen functional groups attached to an aromatic ring is 1. The first-order valence-corrected chi connectivity index (χ1v) is 9.14. The van der Waals surface area contributed by atoms with Crippen LogP contribution in [0, 0.1) is 0 Å². The van der Waals surface area contributed by atoms with E-state index in [1.54, 1.807) is 7.11 Å². The standard InChI is InChI=1S/C17H25N5O3/c1-23-17-19-13-14(18)20-16(25-11-7-3-2-4-8-11)21-15(13)22(17)12-9-5-6-10-24-12/h11-12H,2-10H2,1H3,(H2,18,20,21). The summed E-state index contributed by atoms with van der Waals surface area (Å²) in [6.45, 7) is 0.722. The van der Waals surface area contributed by atoms with Crippen LogP contribution < -0.4 is 15.2 Å². The number of hydrogen-bond donors (Lipinski definition) is 1. The Morgan fingerprint density at radius 2 is 1.84 bits per heavy atom. The highest BCUT2D eigenvalue weighted by atomic mass is 16.5. The molecule has 1 unspecified atom stereocenters. The predicted molar refractivity (Wildman–Crippen MR) is 92.6 cm³/mol. The Bertz CT molecular complexity index is 735. The van der Waals surface area contributed by atoms with E-state index in [4.69, 9.17) is 19.9 Å². The molecule has 1 saturated carbocycles. The van der Waals surface area contributed by atoms with E-state index in [2.05, 4.69) is 15.0 Å². The SMILES string of the molecule is COc1nc2c(N)nc(OC3CCCCC3)nc2n1C1CCCCO1. The Morgan fingerprint density at radius 3 is 2.56 bits per heavy atom. The fourth-order valence-corrected chi connectivity index (χ4v) is 3.67. The molecule has 0 spiro atoms. The van der Waals surface area contributed by atoms with Crippen molar-refractivity contribution in [2.75, 3.05) is 19.5 Å². The van der Waals surface area contributed by atoms with Crippen LogP contribution in [0.1, 0.15) is 57.6 Å².